The van der Waals surface area contributed by atoms with Crippen LogP contribution < -0.4 is 4.74 Å². The third kappa shape index (κ3) is 5.04. The van der Waals surface area contributed by atoms with Crippen molar-refractivity contribution in [2.45, 2.75) is 6.61 Å². The Morgan fingerprint density at radius 3 is 2.12 bits per heavy atom. The number of ether oxygens (including phenoxy) is 1. The summed E-state index contributed by atoms with van der Waals surface area (Å²) < 4.78 is 11.2. The molecule has 124 valence electrons. The summed E-state index contributed by atoms with van der Waals surface area (Å²) in [6, 6.07) is 23.5. The van der Waals surface area contributed by atoms with Crippen LogP contribution in [-0.4, -0.2) is 9.97 Å². The summed E-state index contributed by atoms with van der Waals surface area (Å²) in [6.07, 6.45) is 6.69. The number of benzene rings is 2. The second-order valence-corrected chi connectivity index (χ2v) is 5.13. The molecule has 0 saturated heterocycles. The lowest BCUT2D eigenvalue weighted by Gasteiger charge is -2.09. The van der Waals surface area contributed by atoms with E-state index in [2.05, 4.69) is 9.97 Å². The minimum Gasteiger partial charge on any atom is -0.488 e. The van der Waals surface area contributed by atoms with Gasteiger partial charge in [-0.2, -0.15) is 0 Å². The zero-order valence-corrected chi connectivity index (χ0v) is 13.7. The summed E-state index contributed by atoms with van der Waals surface area (Å²) in [4.78, 5) is 7.94. The number of para-hydroxylation sites is 1. The fourth-order valence-electron chi connectivity index (χ4n) is 2.17. The van der Waals surface area contributed by atoms with Crippen molar-refractivity contribution in [1.29, 1.82) is 0 Å². The van der Waals surface area contributed by atoms with Gasteiger partial charge in [0.15, 0.2) is 0 Å². The van der Waals surface area contributed by atoms with Crippen LogP contribution in [0, 0.1) is 0 Å². The highest BCUT2D eigenvalue weighted by atomic mass is 16.5. The molecule has 25 heavy (non-hydrogen) atoms. The van der Waals surface area contributed by atoms with Crippen molar-refractivity contribution in [2.75, 3.05) is 0 Å². The molecule has 2 aromatic carbocycles. The molecule has 0 amide bonds. The van der Waals surface area contributed by atoms with Crippen LogP contribution in [0.5, 0.6) is 5.75 Å². The molecule has 0 fully saturated rings. The van der Waals surface area contributed by atoms with Crippen molar-refractivity contribution >= 4 is 0 Å². The van der Waals surface area contributed by atoms with Crippen molar-refractivity contribution in [3.8, 4) is 17.2 Å². The van der Waals surface area contributed by atoms with E-state index in [1.807, 2.05) is 72.8 Å². The topological polar surface area (TPSA) is 48.2 Å². The predicted molar refractivity (Wildman–Crippen MR) is 97.0 cm³/mol. The van der Waals surface area contributed by atoms with Gasteiger partial charge in [0, 0.05) is 12.4 Å². The summed E-state index contributed by atoms with van der Waals surface area (Å²) in [5, 5.41) is 0. The van der Waals surface area contributed by atoms with Gasteiger partial charge in [0.05, 0.1) is 11.8 Å². The first-order chi connectivity index (χ1) is 12.4. The molecule has 0 radical (unpaired) electrons. The Balaban J connectivity index is 0.000000258. The van der Waals surface area contributed by atoms with Gasteiger partial charge in [0.25, 0.3) is 0 Å². The average molecular weight is 330 g/mol. The number of aromatic nitrogens is 2. The second-order valence-electron chi connectivity index (χ2n) is 5.13. The van der Waals surface area contributed by atoms with Crippen molar-refractivity contribution in [3.05, 3.63) is 103 Å². The molecular formula is C21H18N2O2. The van der Waals surface area contributed by atoms with E-state index in [1.165, 1.54) is 0 Å². The van der Waals surface area contributed by atoms with Gasteiger partial charge >= 0.3 is 0 Å². The lowest BCUT2D eigenvalue weighted by Crippen LogP contribution is -1.96. The Morgan fingerprint density at radius 1 is 0.760 bits per heavy atom. The lowest BCUT2D eigenvalue weighted by molar-refractivity contribution is 0.306. The largest absolute Gasteiger partial charge is 0.488 e. The smallest absolute Gasteiger partial charge is 0.229 e. The van der Waals surface area contributed by atoms with Crippen LogP contribution >= 0.6 is 0 Å². The van der Waals surface area contributed by atoms with E-state index in [9.17, 15) is 0 Å². The van der Waals surface area contributed by atoms with Crippen LogP contribution in [0.4, 0.5) is 0 Å². The second kappa shape index (κ2) is 9.03. The standard InChI is InChI=1S/C16H13NO2.C5H5N/c1-2-6-13(7-3-1)12-19-15-9-5-4-8-14(15)16-17-10-11-18-16;1-2-4-6-5-3-1/h1-11H,12H2;1-5H. The molecule has 2 aromatic heterocycles. The first-order valence-electron chi connectivity index (χ1n) is 7.94. The van der Waals surface area contributed by atoms with Gasteiger partial charge in [0.2, 0.25) is 5.89 Å². The highest BCUT2D eigenvalue weighted by Crippen LogP contribution is 2.28. The van der Waals surface area contributed by atoms with Crippen LogP contribution in [0.15, 0.2) is 102 Å². The van der Waals surface area contributed by atoms with Crippen LogP contribution in [0.25, 0.3) is 11.5 Å². The Labute approximate surface area is 146 Å². The Bertz CT molecular complexity index is 821. The van der Waals surface area contributed by atoms with Gasteiger partial charge in [-0.05, 0) is 29.8 Å². The van der Waals surface area contributed by atoms with Gasteiger partial charge in [-0.15, -0.1) is 0 Å². The molecule has 0 bridgehead atoms. The molecular weight excluding hydrogens is 312 g/mol. The molecule has 0 saturated carbocycles. The maximum atomic E-state index is 5.85. The molecule has 0 aliphatic rings. The molecule has 0 aliphatic heterocycles. The summed E-state index contributed by atoms with van der Waals surface area (Å²) in [6.45, 7) is 0.526. The van der Waals surface area contributed by atoms with Crippen LogP contribution in [0.3, 0.4) is 0 Å². The normalized spacial score (nSPS) is 9.76. The maximum Gasteiger partial charge on any atom is 0.229 e. The number of hydrogen-bond acceptors (Lipinski definition) is 4. The van der Waals surface area contributed by atoms with Crippen molar-refractivity contribution < 1.29 is 9.15 Å². The summed E-state index contributed by atoms with van der Waals surface area (Å²) in [7, 11) is 0. The third-order valence-electron chi connectivity index (χ3n) is 3.35. The predicted octanol–water partition coefficient (Wildman–Crippen LogP) is 5.00. The van der Waals surface area contributed by atoms with Crippen LogP contribution in [0.2, 0.25) is 0 Å². The first kappa shape index (κ1) is 16.5. The van der Waals surface area contributed by atoms with E-state index in [0.717, 1.165) is 16.9 Å². The Kier molecular flexibility index (Phi) is 5.95. The molecule has 0 atom stereocenters. The van der Waals surface area contributed by atoms with Gasteiger partial charge < -0.3 is 9.15 Å². The van der Waals surface area contributed by atoms with Gasteiger partial charge in [0.1, 0.15) is 18.6 Å². The molecule has 4 nitrogen and oxygen atoms in total. The quantitative estimate of drug-likeness (QED) is 0.528. The molecule has 4 heteroatoms. The van der Waals surface area contributed by atoms with Crippen molar-refractivity contribution in [1.82, 2.24) is 9.97 Å². The minimum absolute atomic E-state index is 0.526. The molecule has 0 N–H and O–H groups in total. The molecule has 0 spiro atoms. The lowest BCUT2D eigenvalue weighted by atomic mass is 10.2. The summed E-state index contributed by atoms with van der Waals surface area (Å²) in [5.74, 6) is 1.34. The zero-order valence-electron chi connectivity index (χ0n) is 13.7. The van der Waals surface area contributed by atoms with E-state index >= 15 is 0 Å². The minimum atomic E-state index is 0.526. The fourth-order valence-corrected chi connectivity index (χ4v) is 2.17. The van der Waals surface area contributed by atoms with Gasteiger partial charge in [-0.3, -0.25) is 4.98 Å². The first-order valence-corrected chi connectivity index (χ1v) is 7.94. The van der Waals surface area contributed by atoms with Crippen LogP contribution in [-0.2, 0) is 6.61 Å². The highest BCUT2D eigenvalue weighted by Gasteiger charge is 2.09. The number of nitrogens with zero attached hydrogens (tertiary/aromatic N) is 2. The van der Waals surface area contributed by atoms with Crippen LogP contribution in [0.1, 0.15) is 5.56 Å². The molecule has 0 unspecified atom stereocenters. The fraction of sp³-hybridized carbons (Fsp3) is 0.0476. The van der Waals surface area contributed by atoms with Crippen molar-refractivity contribution in [2.24, 2.45) is 0 Å². The van der Waals surface area contributed by atoms with Crippen molar-refractivity contribution in [3.63, 3.8) is 0 Å². The van der Waals surface area contributed by atoms with E-state index in [4.69, 9.17) is 9.15 Å². The molecule has 0 aliphatic carbocycles. The Hall–Kier alpha value is -3.40. The van der Waals surface area contributed by atoms with Gasteiger partial charge in [-0.25, -0.2) is 4.98 Å². The number of oxazole rings is 1. The monoisotopic (exact) mass is 330 g/mol. The van der Waals surface area contributed by atoms with E-state index in [1.54, 1.807) is 24.9 Å². The highest BCUT2D eigenvalue weighted by molar-refractivity contribution is 5.62. The third-order valence-corrected chi connectivity index (χ3v) is 3.35. The summed E-state index contributed by atoms with van der Waals surface area (Å²) >= 11 is 0. The van der Waals surface area contributed by atoms with E-state index in [0.29, 0.717) is 12.5 Å². The van der Waals surface area contributed by atoms with Gasteiger partial charge in [-0.1, -0.05) is 48.5 Å². The summed E-state index contributed by atoms with van der Waals surface area (Å²) in [5.41, 5.74) is 1.99. The number of hydrogen-bond donors (Lipinski definition) is 0. The zero-order chi connectivity index (χ0) is 17.2. The molecule has 2 heterocycles. The maximum absolute atomic E-state index is 5.85. The molecule has 4 aromatic rings. The number of rotatable bonds is 4. The molecule has 4 rings (SSSR count). The SMILES string of the molecule is c1ccc(COc2ccccc2-c2ncco2)cc1.c1ccncc1. The number of pyridine rings is 1. The van der Waals surface area contributed by atoms with E-state index in [-0.39, 0.29) is 0 Å². The van der Waals surface area contributed by atoms with E-state index < -0.39 is 0 Å². The Morgan fingerprint density at radius 2 is 1.48 bits per heavy atom. The average Bonchev–Trinajstić information content (AvgIpc) is 3.24.